The van der Waals surface area contributed by atoms with E-state index >= 15 is 0 Å². The molecule has 4 rings (SSSR count). The Kier molecular flexibility index (Phi) is 4.83. The third-order valence-corrected chi connectivity index (χ3v) is 6.21. The molecule has 0 atom stereocenters. The van der Waals surface area contributed by atoms with E-state index in [1.807, 2.05) is 29.6 Å². The number of carbonyl (C=O) groups excluding carboxylic acids is 1. The van der Waals surface area contributed by atoms with E-state index in [0.717, 1.165) is 22.0 Å². The largest absolute Gasteiger partial charge is 0.374 e. The average molecular weight is 400 g/mol. The Labute approximate surface area is 161 Å². The summed E-state index contributed by atoms with van der Waals surface area (Å²) in [5.41, 5.74) is 7.44. The van der Waals surface area contributed by atoms with Crippen LogP contribution in [0.4, 0.5) is 10.3 Å². The molecule has 0 fully saturated rings. The van der Waals surface area contributed by atoms with Gasteiger partial charge in [-0.2, -0.15) is 0 Å². The van der Waals surface area contributed by atoms with Crippen LogP contribution < -0.4 is 11.1 Å². The van der Waals surface area contributed by atoms with Crippen molar-refractivity contribution in [2.75, 3.05) is 16.8 Å². The number of nitrogens with zero attached hydrogens (tertiary/aromatic N) is 3. The first-order chi connectivity index (χ1) is 12.7. The van der Waals surface area contributed by atoms with Crippen LogP contribution in [0.25, 0.3) is 22.0 Å². The van der Waals surface area contributed by atoms with Crippen molar-refractivity contribution in [1.29, 1.82) is 0 Å². The summed E-state index contributed by atoms with van der Waals surface area (Å²) in [7, 11) is 0. The molecule has 9 heteroatoms. The van der Waals surface area contributed by atoms with E-state index in [1.54, 1.807) is 0 Å². The highest BCUT2D eigenvalue weighted by molar-refractivity contribution is 8.01. The van der Waals surface area contributed by atoms with Crippen LogP contribution in [-0.4, -0.2) is 26.8 Å². The lowest BCUT2D eigenvalue weighted by atomic mass is 10.0. The van der Waals surface area contributed by atoms with Crippen molar-refractivity contribution < 1.29 is 4.79 Å². The van der Waals surface area contributed by atoms with E-state index in [1.165, 1.54) is 34.4 Å². The van der Waals surface area contributed by atoms with Crippen molar-refractivity contribution in [3.8, 4) is 11.3 Å². The molecule has 0 radical (unpaired) electrons. The fourth-order valence-electron chi connectivity index (χ4n) is 2.46. The van der Waals surface area contributed by atoms with Crippen molar-refractivity contribution in [3.05, 3.63) is 47.8 Å². The van der Waals surface area contributed by atoms with Gasteiger partial charge in [0.05, 0.1) is 11.4 Å². The molecule has 0 aliphatic carbocycles. The van der Waals surface area contributed by atoms with Gasteiger partial charge >= 0.3 is 0 Å². The lowest BCUT2D eigenvalue weighted by Gasteiger charge is -2.03. The highest BCUT2D eigenvalue weighted by Crippen LogP contribution is 2.31. The van der Waals surface area contributed by atoms with E-state index in [4.69, 9.17) is 5.73 Å². The van der Waals surface area contributed by atoms with Crippen molar-refractivity contribution in [2.24, 2.45) is 0 Å². The third kappa shape index (κ3) is 3.69. The summed E-state index contributed by atoms with van der Waals surface area (Å²) < 4.78 is 0.674. The first-order valence-corrected chi connectivity index (χ1v) is 10.3. The monoisotopic (exact) mass is 399 g/mol. The van der Waals surface area contributed by atoms with Gasteiger partial charge in [0, 0.05) is 10.9 Å². The number of hydrogen-bond donors (Lipinski definition) is 2. The van der Waals surface area contributed by atoms with Gasteiger partial charge < -0.3 is 11.1 Å². The maximum atomic E-state index is 12.1. The number of thioether (sulfide) groups is 1. The van der Waals surface area contributed by atoms with E-state index in [9.17, 15) is 4.79 Å². The highest BCUT2D eigenvalue weighted by Gasteiger charge is 2.11. The van der Waals surface area contributed by atoms with Gasteiger partial charge in [-0.15, -0.1) is 21.5 Å². The van der Waals surface area contributed by atoms with Gasteiger partial charge in [-0.05, 0) is 10.8 Å². The minimum atomic E-state index is -0.136. The molecule has 0 saturated heterocycles. The molecule has 1 amide bonds. The lowest BCUT2D eigenvalue weighted by Crippen LogP contribution is -2.13. The molecular formula is C17H13N5OS3. The SMILES string of the molecule is Nc1nnc(SCC(=O)Nc2nc(-c3cccc4ccccc34)cs2)s1. The summed E-state index contributed by atoms with van der Waals surface area (Å²) in [6.07, 6.45) is 0. The molecule has 4 aromatic rings. The number of nitrogen functional groups attached to an aromatic ring is 1. The second-order valence-electron chi connectivity index (χ2n) is 5.31. The molecule has 0 unspecified atom stereocenters. The van der Waals surface area contributed by atoms with Gasteiger partial charge in [0.2, 0.25) is 11.0 Å². The number of nitrogens with one attached hydrogen (secondary N) is 1. The predicted molar refractivity (Wildman–Crippen MR) is 109 cm³/mol. The number of benzene rings is 2. The number of rotatable bonds is 5. The molecule has 0 saturated carbocycles. The third-order valence-electron chi connectivity index (χ3n) is 3.56. The number of fused-ring (bicyclic) bond motifs is 1. The number of amides is 1. The maximum absolute atomic E-state index is 12.1. The molecule has 130 valence electrons. The van der Waals surface area contributed by atoms with Gasteiger partial charge in [-0.3, -0.25) is 4.79 Å². The molecule has 0 aliphatic heterocycles. The fourth-order valence-corrected chi connectivity index (χ4v) is 4.63. The molecule has 2 aromatic carbocycles. The van der Waals surface area contributed by atoms with Crippen LogP contribution in [-0.2, 0) is 4.79 Å². The Morgan fingerprint density at radius 2 is 2.00 bits per heavy atom. The van der Waals surface area contributed by atoms with Gasteiger partial charge in [0.25, 0.3) is 0 Å². The Balaban J connectivity index is 1.46. The quantitative estimate of drug-likeness (QED) is 0.490. The topological polar surface area (TPSA) is 93.8 Å². The van der Waals surface area contributed by atoms with E-state index in [0.29, 0.717) is 14.6 Å². The molecule has 6 nitrogen and oxygen atoms in total. The zero-order valence-electron chi connectivity index (χ0n) is 13.4. The molecule has 0 spiro atoms. The standard InChI is InChI=1S/C17H13N5OS3/c18-15-21-22-17(26-15)25-9-14(23)20-16-19-13(8-24-16)12-7-3-5-10-4-1-2-6-11(10)12/h1-8H,9H2,(H2,18,21)(H,19,20,23). The van der Waals surface area contributed by atoms with Crippen LogP contribution in [0.2, 0.25) is 0 Å². The van der Waals surface area contributed by atoms with Gasteiger partial charge in [0.1, 0.15) is 0 Å². The van der Waals surface area contributed by atoms with Gasteiger partial charge in [-0.25, -0.2) is 4.98 Å². The summed E-state index contributed by atoms with van der Waals surface area (Å²) in [5.74, 6) is 0.0975. The maximum Gasteiger partial charge on any atom is 0.236 e. The second kappa shape index (κ2) is 7.40. The zero-order valence-corrected chi connectivity index (χ0v) is 15.8. The Morgan fingerprint density at radius 3 is 2.85 bits per heavy atom. The van der Waals surface area contributed by atoms with Crippen LogP contribution in [0.5, 0.6) is 0 Å². The lowest BCUT2D eigenvalue weighted by molar-refractivity contribution is -0.113. The van der Waals surface area contributed by atoms with Crippen LogP contribution in [0.3, 0.4) is 0 Å². The average Bonchev–Trinajstić information content (AvgIpc) is 3.28. The van der Waals surface area contributed by atoms with Crippen LogP contribution >= 0.6 is 34.4 Å². The molecular weight excluding hydrogens is 386 g/mol. The molecule has 2 heterocycles. The van der Waals surface area contributed by atoms with Crippen molar-refractivity contribution in [1.82, 2.24) is 15.2 Å². The van der Waals surface area contributed by atoms with E-state index in [2.05, 4.69) is 38.7 Å². The van der Waals surface area contributed by atoms with E-state index < -0.39 is 0 Å². The smallest absolute Gasteiger partial charge is 0.236 e. The van der Waals surface area contributed by atoms with Crippen molar-refractivity contribution >= 4 is 61.4 Å². The summed E-state index contributed by atoms with van der Waals surface area (Å²) in [5, 5.41) is 15.7. The molecule has 0 aliphatic rings. The Bertz CT molecular complexity index is 1070. The minimum absolute atomic E-state index is 0.136. The predicted octanol–water partition coefficient (Wildman–Crippen LogP) is 4.13. The molecule has 26 heavy (non-hydrogen) atoms. The normalized spacial score (nSPS) is 10.9. The van der Waals surface area contributed by atoms with E-state index in [-0.39, 0.29) is 11.7 Å². The van der Waals surface area contributed by atoms with Crippen LogP contribution in [0.1, 0.15) is 0 Å². The van der Waals surface area contributed by atoms with Crippen molar-refractivity contribution in [2.45, 2.75) is 4.34 Å². The second-order valence-corrected chi connectivity index (χ2v) is 8.40. The zero-order chi connectivity index (χ0) is 17.9. The summed E-state index contributed by atoms with van der Waals surface area (Å²) in [6, 6.07) is 14.3. The first-order valence-electron chi connectivity index (χ1n) is 7.64. The van der Waals surface area contributed by atoms with Crippen LogP contribution in [0.15, 0.2) is 52.2 Å². The summed E-state index contributed by atoms with van der Waals surface area (Å²) >= 11 is 3.98. The fraction of sp³-hybridized carbons (Fsp3) is 0.0588. The number of aromatic nitrogens is 3. The number of nitrogens with two attached hydrogens (primary N) is 1. The first kappa shape index (κ1) is 17.0. The Hall–Kier alpha value is -2.49. The molecule has 3 N–H and O–H groups in total. The molecule has 2 aromatic heterocycles. The minimum Gasteiger partial charge on any atom is -0.374 e. The van der Waals surface area contributed by atoms with Crippen LogP contribution in [0, 0.1) is 0 Å². The molecule has 0 bridgehead atoms. The van der Waals surface area contributed by atoms with Gasteiger partial charge in [-0.1, -0.05) is 65.6 Å². The number of thiazole rings is 1. The number of carbonyl (C=O) groups is 1. The summed E-state index contributed by atoms with van der Waals surface area (Å²) in [4.78, 5) is 16.7. The number of anilines is 2. The highest BCUT2D eigenvalue weighted by atomic mass is 32.2. The number of hydrogen-bond acceptors (Lipinski definition) is 8. The summed E-state index contributed by atoms with van der Waals surface area (Å²) in [6.45, 7) is 0. The Morgan fingerprint density at radius 1 is 1.15 bits per heavy atom. The van der Waals surface area contributed by atoms with Crippen molar-refractivity contribution in [3.63, 3.8) is 0 Å². The van der Waals surface area contributed by atoms with Gasteiger partial charge in [0.15, 0.2) is 9.47 Å².